The Balaban J connectivity index is 1.22. The molecule has 0 amide bonds. The maximum atomic E-state index is 11.5. The van der Waals surface area contributed by atoms with Gasteiger partial charge < -0.3 is 144 Å². The van der Waals surface area contributed by atoms with Crippen molar-refractivity contribution in [1.82, 2.24) is 0 Å². The normalized spacial score (nSPS) is 53.6. The fraction of sp³-hybridized carbons (Fsp3) is 1.00. The van der Waals surface area contributed by atoms with Crippen LogP contribution in [0, 0.1) is 0 Å². The molecule has 0 bridgehead atoms. The van der Waals surface area contributed by atoms with Gasteiger partial charge in [0, 0.05) is 0 Å². The van der Waals surface area contributed by atoms with Gasteiger partial charge in [-0.05, 0) is 0 Å². The summed E-state index contributed by atoms with van der Waals surface area (Å²) < 4.78 is 61.1. The van der Waals surface area contributed by atoms with E-state index >= 15 is 0 Å². The third-order valence-electron chi connectivity index (χ3n) is 11.6. The van der Waals surface area contributed by atoms with Crippen molar-refractivity contribution < 1.29 is 144 Å². The minimum absolute atomic E-state index is 0.456. The molecule has 28 atom stereocenters. The number of rotatable bonds is 14. The third kappa shape index (κ3) is 10.9. The minimum atomic E-state index is -2.19. The summed E-state index contributed by atoms with van der Waals surface area (Å²) in [6.07, 6.45) is -51.8. The van der Waals surface area contributed by atoms with Gasteiger partial charge in [0.15, 0.2) is 37.7 Å². The first-order chi connectivity index (χ1) is 29.8. The topological polar surface area (TPSA) is 466 Å². The highest BCUT2D eigenvalue weighted by molar-refractivity contribution is 4.98. The van der Waals surface area contributed by atoms with E-state index in [0.29, 0.717) is 0 Å². The van der Waals surface area contributed by atoms with Crippen LogP contribution in [-0.4, -0.2) is 304 Å². The van der Waals surface area contributed by atoms with Crippen molar-refractivity contribution in [3.8, 4) is 0 Å². The van der Waals surface area contributed by atoms with E-state index in [1.807, 2.05) is 0 Å². The second-order valence-corrected chi connectivity index (χ2v) is 15.9. The SMILES string of the molecule is OC[C@H]1O[C@@H](O[C@H]2[C@@H](OC[C@H]3O[C@@H](O[C@H]4[C@H](O)[C@@H](O)C(O)O[C@@H]4CO)[C@H](O)[C@@H](O)[C@@H]3O[C@@H]3O[C@H](CO[C@H]4OC[C@@H](O)[C@H](O)[C@H]4O)[C@@H](O)[C@H](O)[C@H]3O)OC[C@@H](O)[C@@H]2O)[C@H](O)[C@@H](O)[C@H]1O. The van der Waals surface area contributed by atoms with Crippen LogP contribution in [0.5, 0.6) is 0 Å². The second kappa shape index (κ2) is 21.9. The van der Waals surface area contributed by atoms with E-state index in [2.05, 4.69) is 0 Å². The van der Waals surface area contributed by atoms with Crippen molar-refractivity contribution >= 4 is 0 Å². The maximum absolute atomic E-state index is 11.5. The van der Waals surface area contributed by atoms with Gasteiger partial charge in [-0.25, -0.2) is 0 Å². The van der Waals surface area contributed by atoms with Crippen LogP contribution >= 0.6 is 0 Å². The fourth-order valence-electron chi connectivity index (χ4n) is 7.73. The summed E-state index contributed by atoms with van der Waals surface area (Å²) in [6.45, 7) is -4.43. The standard InChI is InChI=1S/C34H58O29/c35-1-9-15(41)17(43)23(49)31(58-9)63-28-14(40)8(38)4-54-34(28)56-6-12-27(20(46)25(51)33(60-12)61-26-10(2-36)57-29(52)21(47)19(26)45)62-32-24(50)18(44)16(42)11(59-32)5-55-30-22(48)13(39)7(37)3-53-30/h7-52H,1-6H2/t7-,8-,9-,10-,11-,12-,13+,14+,15+,16-,17+,18+,19-,20-,21-,22-,23-,24-,25-,26-,27-,28-,29?,30-,31+,32+,33+,34-/m1/s1. The lowest BCUT2D eigenvalue weighted by Gasteiger charge is -2.48. The molecule has 18 N–H and O–H groups in total. The zero-order valence-electron chi connectivity index (χ0n) is 32.9. The Morgan fingerprint density at radius 1 is 0.333 bits per heavy atom. The molecule has 29 heteroatoms. The van der Waals surface area contributed by atoms with E-state index in [1.54, 1.807) is 0 Å². The second-order valence-electron chi connectivity index (χ2n) is 15.9. The summed E-state index contributed by atoms with van der Waals surface area (Å²) in [5, 5.41) is 188. The Morgan fingerprint density at radius 3 is 1.33 bits per heavy atom. The lowest BCUT2D eigenvalue weighted by molar-refractivity contribution is -0.387. The molecule has 6 saturated heterocycles. The number of aliphatic hydroxyl groups excluding tert-OH is 18. The van der Waals surface area contributed by atoms with Gasteiger partial charge in [-0.3, -0.25) is 0 Å². The maximum Gasteiger partial charge on any atom is 0.187 e. The quantitative estimate of drug-likeness (QED) is 0.0769. The van der Waals surface area contributed by atoms with Crippen LogP contribution in [0.15, 0.2) is 0 Å². The molecule has 1 unspecified atom stereocenters. The van der Waals surface area contributed by atoms with Gasteiger partial charge in [-0.15, -0.1) is 0 Å². The first-order valence-electron chi connectivity index (χ1n) is 19.9. The van der Waals surface area contributed by atoms with Crippen LogP contribution in [0.25, 0.3) is 0 Å². The number of hydrogen-bond donors (Lipinski definition) is 18. The van der Waals surface area contributed by atoms with Crippen molar-refractivity contribution in [1.29, 1.82) is 0 Å². The molecule has 6 aliphatic rings. The van der Waals surface area contributed by atoms with E-state index < -0.39 is 212 Å². The molecule has 0 aromatic carbocycles. The zero-order valence-corrected chi connectivity index (χ0v) is 32.9. The third-order valence-corrected chi connectivity index (χ3v) is 11.6. The number of ether oxygens (including phenoxy) is 11. The van der Waals surface area contributed by atoms with Crippen molar-refractivity contribution in [3.05, 3.63) is 0 Å². The molecular formula is C34H58O29. The summed E-state index contributed by atoms with van der Waals surface area (Å²) in [5.74, 6) is 0. The molecule has 368 valence electrons. The predicted molar refractivity (Wildman–Crippen MR) is 187 cm³/mol. The average Bonchev–Trinajstić information content (AvgIpc) is 3.26. The minimum Gasteiger partial charge on any atom is -0.394 e. The molecule has 63 heavy (non-hydrogen) atoms. The lowest BCUT2D eigenvalue weighted by Crippen LogP contribution is -2.67. The Morgan fingerprint density at radius 2 is 0.746 bits per heavy atom. The monoisotopic (exact) mass is 930 g/mol. The van der Waals surface area contributed by atoms with E-state index in [9.17, 15) is 91.9 Å². The summed E-state index contributed by atoms with van der Waals surface area (Å²) in [4.78, 5) is 0. The van der Waals surface area contributed by atoms with Crippen molar-refractivity contribution in [2.24, 2.45) is 0 Å². The molecule has 0 spiro atoms. The number of hydrogen-bond acceptors (Lipinski definition) is 29. The average molecular weight is 931 g/mol. The van der Waals surface area contributed by atoms with E-state index in [0.717, 1.165) is 0 Å². The summed E-state index contributed by atoms with van der Waals surface area (Å²) in [5.41, 5.74) is 0. The molecule has 0 aliphatic carbocycles. The molecule has 29 nitrogen and oxygen atoms in total. The van der Waals surface area contributed by atoms with Crippen molar-refractivity contribution in [2.45, 2.75) is 172 Å². The van der Waals surface area contributed by atoms with Gasteiger partial charge in [-0.2, -0.15) is 0 Å². The van der Waals surface area contributed by atoms with E-state index in [4.69, 9.17) is 52.1 Å². The van der Waals surface area contributed by atoms with Gasteiger partial charge in [0.2, 0.25) is 0 Å². The van der Waals surface area contributed by atoms with Crippen LogP contribution in [0.2, 0.25) is 0 Å². The van der Waals surface area contributed by atoms with E-state index in [1.165, 1.54) is 0 Å². The largest absolute Gasteiger partial charge is 0.394 e. The van der Waals surface area contributed by atoms with Crippen LogP contribution < -0.4 is 0 Å². The number of aliphatic hydroxyl groups is 18. The molecule has 6 rings (SSSR count). The van der Waals surface area contributed by atoms with Crippen molar-refractivity contribution in [3.63, 3.8) is 0 Å². The summed E-state index contributed by atoms with van der Waals surface area (Å²) >= 11 is 0. The molecule has 6 aliphatic heterocycles. The molecule has 0 radical (unpaired) electrons. The molecule has 0 saturated carbocycles. The highest BCUT2D eigenvalue weighted by Crippen LogP contribution is 2.34. The Labute approximate surface area is 355 Å². The first kappa shape index (κ1) is 51.2. The summed E-state index contributed by atoms with van der Waals surface area (Å²) in [6, 6.07) is 0. The van der Waals surface area contributed by atoms with Crippen LogP contribution in [0.3, 0.4) is 0 Å². The van der Waals surface area contributed by atoms with Crippen LogP contribution in [-0.2, 0) is 52.1 Å². The molecule has 0 aromatic rings. The van der Waals surface area contributed by atoms with Gasteiger partial charge in [-0.1, -0.05) is 0 Å². The fourth-order valence-corrected chi connectivity index (χ4v) is 7.73. The molecule has 0 aromatic heterocycles. The molecule has 6 fully saturated rings. The van der Waals surface area contributed by atoms with Gasteiger partial charge in [0.25, 0.3) is 0 Å². The Kier molecular flexibility index (Phi) is 17.8. The lowest BCUT2D eigenvalue weighted by atomic mass is 9.96. The van der Waals surface area contributed by atoms with E-state index in [-0.39, 0.29) is 0 Å². The zero-order chi connectivity index (χ0) is 46.2. The first-order valence-corrected chi connectivity index (χ1v) is 19.9. The van der Waals surface area contributed by atoms with Gasteiger partial charge in [0.05, 0.1) is 39.6 Å². The highest BCUT2D eigenvalue weighted by Gasteiger charge is 2.55. The Bertz CT molecular complexity index is 1400. The predicted octanol–water partition coefficient (Wildman–Crippen LogP) is -12.8. The summed E-state index contributed by atoms with van der Waals surface area (Å²) in [7, 11) is 0. The molecular weight excluding hydrogens is 872 g/mol. The highest BCUT2D eigenvalue weighted by atomic mass is 16.8. The van der Waals surface area contributed by atoms with Crippen LogP contribution in [0.4, 0.5) is 0 Å². The van der Waals surface area contributed by atoms with Crippen molar-refractivity contribution in [2.75, 3.05) is 39.6 Å². The Hall–Kier alpha value is -1.16. The van der Waals surface area contributed by atoms with Gasteiger partial charge >= 0.3 is 0 Å². The van der Waals surface area contributed by atoms with Crippen LogP contribution in [0.1, 0.15) is 0 Å². The van der Waals surface area contributed by atoms with Gasteiger partial charge in [0.1, 0.15) is 134 Å². The molecule has 6 heterocycles. The smallest absolute Gasteiger partial charge is 0.187 e.